The van der Waals surface area contributed by atoms with Crippen LogP contribution in [-0.4, -0.2) is 21.6 Å². The van der Waals surface area contributed by atoms with Crippen molar-refractivity contribution in [2.24, 2.45) is 0 Å². The number of carbonyl (C=O) groups excluding carboxylic acids is 1. The molecule has 0 radical (unpaired) electrons. The summed E-state index contributed by atoms with van der Waals surface area (Å²) in [6.45, 7) is 2.97. The van der Waals surface area contributed by atoms with Gasteiger partial charge in [0.25, 0.3) is 0 Å². The van der Waals surface area contributed by atoms with Crippen molar-refractivity contribution in [1.29, 1.82) is 0 Å². The zero-order valence-electron chi connectivity index (χ0n) is 9.68. The number of rotatable bonds is 2. The molecule has 1 aromatic carbocycles. The Morgan fingerprint density at radius 3 is 2.35 bits per heavy atom. The predicted molar refractivity (Wildman–Crippen MR) is 61.2 cm³/mol. The highest BCUT2D eigenvalue weighted by molar-refractivity contribution is 6.02. The Balaban J connectivity index is 2.34. The van der Waals surface area contributed by atoms with E-state index in [1.807, 2.05) is 6.07 Å². The van der Waals surface area contributed by atoms with Gasteiger partial charge in [-0.05, 0) is 19.4 Å². The highest BCUT2D eigenvalue weighted by atomic mass is 16.5. The number of allylic oxidation sites excluding steroid dienone is 1. The lowest BCUT2D eigenvalue weighted by atomic mass is 9.89. The minimum absolute atomic E-state index is 0.146. The summed E-state index contributed by atoms with van der Waals surface area (Å²) in [5, 5.41) is 19.7. The van der Waals surface area contributed by atoms with Crippen LogP contribution in [0, 0.1) is 0 Å². The number of hydrogen-bond donors (Lipinski definition) is 2. The second kappa shape index (κ2) is 3.89. The van der Waals surface area contributed by atoms with Gasteiger partial charge in [0, 0.05) is 0 Å². The first-order chi connectivity index (χ1) is 7.97. The Labute approximate surface area is 99.2 Å². The van der Waals surface area contributed by atoms with Gasteiger partial charge in [-0.3, -0.25) is 4.79 Å². The Morgan fingerprint density at radius 2 is 1.88 bits per heavy atom. The third-order valence-corrected chi connectivity index (χ3v) is 3.00. The van der Waals surface area contributed by atoms with Crippen molar-refractivity contribution in [2.45, 2.75) is 25.6 Å². The third kappa shape index (κ3) is 1.70. The van der Waals surface area contributed by atoms with E-state index in [0.29, 0.717) is 5.56 Å². The first-order valence-corrected chi connectivity index (χ1v) is 5.33. The molecule has 17 heavy (non-hydrogen) atoms. The summed E-state index contributed by atoms with van der Waals surface area (Å²) < 4.78 is 5.32. The Hall–Kier alpha value is -1.81. The molecule has 2 atom stereocenters. The second-order valence-electron chi connectivity index (χ2n) is 4.26. The van der Waals surface area contributed by atoms with Gasteiger partial charge in [-0.25, -0.2) is 0 Å². The highest BCUT2D eigenvalue weighted by Crippen LogP contribution is 2.38. The van der Waals surface area contributed by atoms with E-state index in [-0.39, 0.29) is 5.76 Å². The number of hydrogen-bond acceptors (Lipinski definition) is 4. The van der Waals surface area contributed by atoms with Crippen LogP contribution in [0.2, 0.25) is 0 Å². The van der Waals surface area contributed by atoms with Crippen LogP contribution < -0.4 is 0 Å². The average molecular weight is 234 g/mol. The molecular weight excluding hydrogens is 220 g/mol. The highest BCUT2D eigenvalue weighted by Gasteiger charge is 2.50. The minimum atomic E-state index is -1.45. The fourth-order valence-electron chi connectivity index (χ4n) is 1.94. The van der Waals surface area contributed by atoms with Crippen LogP contribution in [-0.2, 0) is 9.53 Å². The third-order valence-electron chi connectivity index (χ3n) is 3.00. The van der Waals surface area contributed by atoms with Crippen molar-refractivity contribution in [3.63, 3.8) is 0 Å². The molecule has 4 heteroatoms. The number of Topliss-reactive ketones (excluding diaryl/α,β-unsaturated/α-hetero) is 1. The molecule has 2 N–H and O–H groups in total. The van der Waals surface area contributed by atoms with Crippen LogP contribution in [0.4, 0.5) is 0 Å². The van der Waals surface area contributed by atoms with Crippen molar-refractivity contribution in [3.05, 3.63) is 47.4 Å². The Kier molecular flexibility index (Phi) is 2.67. The summed E-state index contributed by atoms with van der Waals surface area (Å²) >= 11 is 0. The second-order valence-corrected chi connectivity index (χ2v) is 4.26. The fourth-order valence-corrected chi connectivity index (χ4v) is 1.94. The predicted octanol–water partition coefficient (Wildman–Crippen LogP) is 1.87. The lowest BCUT2D eigenvalue weighted by Crippen LogP contribution is -2.40. The zero-order chi connectivity index (χ0) is 12.6. The lowest BCUT2D eigenvalue weighted by molar-refractivity contribution is -0.142. The van der Waals surface area contributed by atoms with Gasteiger partial charge in [-0.1, -0.05) is 30.3 Å². The standard InChI is InChI=1S/C13H14O4/c1-8-10(14)12(16)13(2,17-8)11(15)9-6-4-3-5-7-9/h3-7,11,14-15H,1-2H3. The van der Waals surface area contributed by atoms with Gasteiger partial charge in [0.15, 0.2) is 0 Å². The summed E-state index contributed by atoms with van der Waals surface area (Å²) in [5.41, 5.74) is -0.874. The average Bonchev–Trinajstić information content (AvgIpc) is 2.55. The molecule has 1 aromatic rings. The fraction of sp³-hybridized carbons (Fsp3) is 0.308. The van der Waals surface area contributed by atoms with Crippen LogP contribution in [0.25, 0.3) is 0 Å². The van der Waals surface area contributed by atoms with Crippen LogP contribution in [0.15, 0.2) is 41.9 Å². The van der Waals surface area contributed by atoms with Crippen molar-refractivity contribution in [2.75, 3.05) is 0 Å². The van der Waals surface area contributed by atoms with E-state index in [2.05, 4.69) is 0 Å². The minimum Gasteiger partial charge on any atom is -0.502 e. The number of ketones is 1. The maximum absolute atomic E-state index is 11.9. The molecule has 0 amide bonds. The van der Waals surface area contributed by atoms with Crippen LogP contribution >= 0.6 is 0 Å². The van der Waals surface area contributed by atoms with E-state index in [1.54, 1.807) is 24.3 Å². The maximum Gasteiger partial charge on any atom is 0.246 e. The van der Waals surface area contributed by atoms with Crippen molar-refractivity contribution < 1.29 is 19.7 Å². The molecular formula is C13H14O4. The van der Waals surface area contributed by atoms with Gasteiger partial charge in [0.2, 0.25) is 17.1 Å². The summed E-state index contributed by atoms with van der Waals surface area (Å²) in [6, 6.07) is 8.76. The van der Waals surface area contributed by atoms with Gasteiger partial charge in [-0.2, -0.15) is 0 Å². The summed E-state index contributed by atoms with van der Waals surface area (Å²) in [5.74, 6) is -0.860. The lowest BCUT2D eigenvalue weighted by Gasteiger charge is -2.28. The van der Waals surface area contributed by atoms with E-state index in [1.165, 1.54) is 13.8 Å². The summed E-state index contributed by atoms with van der Waals surface area (Å²) in [6.07, 6.45) is -1.12. The van der Waals surface area contributed by atoms with Crippen molar-refractivity contribution >= 4 is 5.78 Å². The largest absolute Gasteiger partial charge is 0.502 e. The van der Waals surface area contributed by atoms with E-state index < -0.39 is 23.2 Å². The number of aliphatic hydroxyl groups is 2. The maximum atomic E-state index is 11.9. The molecule has 90 valence electrons. The summed E-state index contributed by atoms with van der Waals surface area (Å²) in [7, 11) is 0. The van der Waals surface area contributed by atoms with Crippen LogP contribution in [0.3, 0.4) is 0 Å². The molecule has 0 saturated heterocycles. The molecule has 1 aliphatic rings. The van der Waals surface area contributed by atoms with Crippen LogP contribution in [0.5, 0.6) is 0 Å². The monoisotopic (exact) mass is 234 g/mol. The molecule has 0 saturated carbocycles. The number of carbonyl (C=O) groups is 1. The zero-order valence-corrected chi connectivity index (χ0v) is 9.68. The first kappa shape index (κ1) is 11.7. The van der Waals surface area contributed by atoms with Crippen LogP contribution in [0.1, 0.15) is 25.5 Å². The van der Waals surface area contributed by atoms with Crippen molar-refractivity contribution in [3.8, 4) is 0 Å². The van der Waals surface area contributed by atoms with E-state index in [9.17, 15) is 15.0 Å². The quantitative estimate of drug-likeness (QED) is 0.819. The molecule has 0 aliphatic carbocycles. The van der Waals surface area contributed by atoms with E-state index in [4.69, 9.17) is 4.74 Å². The van der Waals surface area contributed by atoms with E-state index >= 15 is 0 Å². The topological polar surface area (TPSA) is 66.8 Å². The smallest absolute Gasteiger partial charge is 0.246 e. The van der Waals surface area contributed by atoms with Gasteiger partial charge < -0.3 is 14.9 Å². The van der Waals surface area contributed by atoms with Gasteiger partial charge in [0.05, 0.1) is 0 Å². The number of aliphatic hydroxyl groups excluding tert-OH is 2. The molecule has 0 spiro atoms. The van der Waals surface area contributed by atoms with Gasteiger partial charge in [0.1, 0.15) is 11.9 Å². The molecule has 2 rings (SSSR count). The molecule has 2 unspecified atom stereocenters. The van der Waals surface area contributed by atoms with Gasteiger partial charge >= 0.3 is 0 Å². The Bertz CT molecular complexity index is 477. The molecule has 1 aliphatic heterocycles. The number of benzene rings is 1. The SMILES string of the molecule is CC1=C(O)C(=O)C(C)(C(O)c2ccccc2)O1. The first-order valence-electron chi connectivity index (χ1n) is 5.33. The molecule has 1 heterocycles. The Morgan fingerprint density at radius 1 is 1.29 bits per heavy atom. The molecule has 0 fully saturated rings. The van der Waals surface area contributed by atoms with Gasteiger partial charge in [-0.15, -0.1) is 0 Å². The molecule has 0 aromatic heterocycles. The summed E-state index contributed by atoms with van der Waals surface area (Å²) in [4.78, 5) is 11.9. The number of ether oxygens (including phenoxy) is 1. The molecule has 4 nitrogen and oxygen atoms in total. The van der Waals surface area contributed by atoms with E-state index in [0.717, 1.165) is 0 Å². The molecule has 0 bridgehead atoms. The van der Waals surface area contributed by atoms with Crippen molar-refractivity contribution in [1.82, 2.24) is 0 Å². The normalized spacial score (nSPS) is 25.9.